The van der Waals surface area contributed by atoms with Gasteiger partial charge in [-0.1, -0.05) is 30.9 Å². The van der Waals surface area contributed by atoms with Gasteiger partial charge in [0.1, 0.15) is 12.4 Å². The zero-order chi connectivity index (χ0) is 26.9. The molecule has 10 nitrogen and oxygen atoms in total. The highest BCUT2D eigenvalue weighted by molar-refractivity contribution is 7.89. The molecule has 2 heterocycles. The SMILES string of the molecule is C=CCOC(=O)N1c2cc(C)c(OC)cc2C(=O)N2CC=C(c3ccc(S(=O)(=O)NC)cc3)C[C@H]2C1O. The van der Waals surface area contributed by atoms with Crippen molar-refractivity contribution in [3.63, 3.8) is 0 Å². The number of ether oxygens (including phenoxy) is 2. The predicted molar refractivity (Wildman–Crippen MR) is 138 cm³/mol. The van der Waals surface area contributed by atoms with E-state index in [4.69, 9.17) is 9.47 Å². The second-order valence-electron chi connectivity index (χ2n) is 8.68. The number of aryl methyl sites for hydroxylation is 1. The fourth-order valence-electron chi connectivity index (χ4n) is 4.60. The molecule has 11 heteroatoms. The van der Waals surface area contributed by atoms with Gasteiger partial charge in [-0.25, -0.2) is 22.8 Å². The Morgan fingerprint density at radius 1 is 1.27 bits per heavy atom. The van der Waals surface area contributed by atoms with E-state index in [1.165, 1.54) is 37.3 Å². The van der Waals surface area contributed by atoms with Crippen LogP contribution in [0.15, 0.2) is 60.0 Å². The van der Waals surface area contributed by atoms with Gasteiger partial charge in [0.25, 0.3) is 5.91 Å². The van der Waals surface area contributed by atoms with Gasteiger partial charge in [0, 0.05) is 6.54 Å². The summed E-state index contributed by atoms with van der Waals surface area (Å²) in [4.78, 5) is 29.5. The monoisotopic (exact) mass is 527 g/mol. The summed E-state index contributed by atoms with van der Waals surface area (Å²) in [6, 6.07) is 8.74. The molecule has 2 aromatic carbocycles. The number of rotatable bonds is 6. The van der Waals surface area contributed by atoms with Gasteiger partial charge in [-0.05, 0) is 61.4 Å². The lowest BCUT2D eigenvalue weighted by Gasteiger charge is -2.38. The number of sulfonamides is 1. The summed E-state index contributed by atoms with van der Waals surface area (Å²) in [5.41, 5.74) is 2.66. The second-order valence-corrected chi connectivity index (χ2v) is 10.6. The number of hydrogen-bond donors (Lipinski definition) is 2. The molecule has 196 valence electrons. The van der Waals surface area contributed by atoms with E-state index >= 15 is 0 Å². The Bertz CT molecular complexity index is 1370. The number of aliphatic hydroxyl groups excluding tert-OH is 1. The van der Waals surface area contributed by atoms with Crippen LogP contribution < -0.4 is 14.4 Å². The van der Waals surface area contributed by atoms with Crippen LogP contribution in [-0.4, -0.2) is 70.0 Å². The van der Waals surface area contributed by atoms with Crippen LogP contribution in [0.25, 0.3) is 5.57 Å². The molecule has 0 saturated heterocycles. The first-order valence-corrected chi connectivity index (χ1v) is 13.1. The summed E-state index contributed by atoms with van der Waals surface area (Å²) >= 11 is 0. The smallest absolute Gasteiger partial charge is 0.416 e. The number of nitrogens with zero attached hydrogens (tertiary/aromatic N) is 2. The van der Waals surface area contributed by atoms with E-state index in [9.17, 15) is 23.1 Å². The fourth-order valence-corrected chi connectivity index (χ4v) is 5.33. The van der Waals surface area contributed by atoms with Crippen molar-refractivity contribution in [3.05, 3.63) is 71.8 Å². The number of methoxy groups -OCH3 is 1. The lowest BCUT2D eigenvalue weighted by molar-refractivity contribution is 0.0397. The van der Waals surface area contributed by atoms with Crippen molar-refractivity contribution in [1.29, 1.82) is 0 Å². The highest BCUT2D eigenvalue weighted by Gasteiger charge is 2.44. The van der Waals surface area contributed by atoms with Gasteiger partial charge in [0.2, 0.25) is 10.0 Å². The summed E-state index contributed by atoms with van der Waals surface area (Å²) in [6.07, 6.45) is 1.27. The molecule has 2 aliphatic heterocycles. The van der Waals surface area contributed by atoms with Crippen molar-refractivity contribution in [3.8, 4) is 5.75 Å². The Morgan fingerprint density at radius 3 is 2.59 bits per heavy atom. The number of amides is 2. The summed E-state index contributed by atoms with van der Waals surface area (Å²) in [5, 5.41) is 11.5. The maximum absolute atomic E-state index is 13.7. The highest BCUT2D eigenvalue weighted by atomic mass is 32.2. The number of fused-ring (bicyclic) bond motifs is 2. The summed E-state index contributed by atoms with van der Waals surface area (Å²) < 4.78 is 37.1. The summed E-state index contributed by atoms with van der Waals surface area (Å²) in [6.45, 7) is 5.45. The molecular formula is C26H29N3O7S. The van der Waals surface area contributed by atoms with Crippen LogP contribution in [0, 0.1) is 6.92 Å². The van der Waals surface area contributed by atoms with Crippen LogP contribution in [0.2, 0.25) is 0 Å². The van der Waals surface area contributed by atoms with E-state index in [1.807, 2.05) is 6.08 Å². The van der Waals surface area contributed by atoms with Gasteiger partial charge in [0.05, 0.1) is 29.3 Å². The minimum Gasteiger partial charge on any atom is -0.496 e. The number of carbonyl (C=O) groups is 2. The minimum absolute atomic E-state index is 0.0676. The molecule has 1 unspecified atom stereocenters. The molecule has 0 radical (unpaired) electrons. The fraction of sp³-hybridized carbons (Fsp3) is 0.308. The standard InChI is InChI=1S/C26H29N3O7S/c1-5-12-36-26(32)29-21-13-16(2)23(35-4)15-20(21)24(30)28-11-10-18(14-22(28)25(29)31)17-6-8-19(9-7-17)37(33,34)27-3/h5-10,13,15,22,25,27,31H,1,11-12,14H2,2-4H3/t22-,25?/m0/s1. The van der Waals surface area contributed by atoms with E-state index < -0.39 is 28.4 Å². The number of aliphatic hydroxyl groups is 1. The van der Waals surface area contributed by atoms with Gasteiger partial charge < -0.3 is 19.5 Å². The Labute approximate surface area is 215 Å². The van der Waals surface area contributed by atoms with Gasteiger partial charge in [-0.15, -0.1) is 0 Å². The van der Waals surface area contributed by atoms with Crippen LogP contribution in [0.4, 0.5) is 10.5 Å². The van der Waals surface area contributed by atoms with Crippen molar-refractivity contribution in [2.24, 2.45) is 0 Å². The Kier molecular flexibility index (Phi) is 7.39. The third kappa shape index (κ3) is 4.85. The molecule has 4 rings (SSSR count). The first-order valence-electron chi connectivity index (χ1n) is 11.6. The van der Waals surface area contributed by atoms with Crippen LogP contribution in [0.3, 0.4) is 0 Å². The van der Waals surface area contributed by atoms with Crippen molar-refractivity contribution in [2.45, 2.75) is 30.5 Å². The van der Waals surface area contributed by atoms with Crippen LogP contribution in [-0.2, 0) is 14.8 Å². The summed E-state index contributed by atoms with van der Waals surface area (Å²) in [7, 11) is -0.755. The van der Waals surface area contributed by atoms with Gasteiger partial charge in [0.15, 0.2) is 6.23 Å². The van der Waals surface area contributed by atoms with E-state index in [-0.39, 0.29) is 41.6 Å². The molecule has 2 amide bonds. The quantitative estimate of drug-likeness (QED) is 0.553. The summed E-state index contributed by atoms with van der Waals surface area (Å²) in [5.74, 6) is 0.117. The second kappa shape index (κ2) is 10.4. The normalized spacial score (nSPS) is 19.4. The first kappa shape index (κ1) is 26.4. The van der Waals surface area contributed by atoms with Gasteiger partial charge in [-0.2, -0.15) is 0 Å². The zero-order valence-electron chi connectivity index (χ0n) is 20.8. The van der Waals surface area contributed by atoms with Crippen molar-refractivity contribution >= 4 is 33.3 Å². The predicted octanol–water partition coefficient (Wildman–Crippen LogP) is 2.67. The lowest BCUT2D eigenvalue weighted by atomic mass is 9.93. The first-order chi connectivity index (χ1) is 17.6. The maximum atomic E-state index is 13.7. The Hall–Kier alpha value is -3.67. The molecule has 2 aromatic rings. The highest BCUT2D eigenvalue weighted by Crippen LogP contribution is 2.39. The number of benzene rings is 2. The molecule has 0 saturated carbocycles. The number of hydrogen-bond acceptors (Lipinski definition) is 7. The molecule has 2 atom stereocenters. The maximum Gasteiger partial charge on any atom is 0.416 e. The average molecular weight is 528 g/mol. The van der Waals surface area contributed by atoms with Crippen LogP contribution in [0.1, 0.15) is 27.9 Å². The molecule has 0 spiro atoms. The Morgan fingerprint density at radius 2 is 1.97 bits per heavy atom. The van der Waals surface area contributed by atoms with Gasteiger partial charge in [-0.3, -0.25) is 4.79 Å². The van der Waals surface area contributed by atoms with E-state index in [0.717, 1.165) is 16.0 Å². The average Bonchev–Trinajstić information content (AvgIpc) is 2.99. The molecule has 0 fully saturated rings. The molecule has 0 bridgehead atoms. The number of nitrogens with one attached hydrogen (secondary N) is 1. The molecule has 0 aromatic heterocycles. The van der Waals surface area contributed by atoms with Crippen molar-refractivity contribution < 1.29 is 32.6 Å². The third-order valence-corrected chi connectivity index (χ3v) is 7.99. The van der Waals surface area contributed by atoms with E-state index in [2.05, 4.69) is 11.3 Å². The van der Waals surface area contributed by atoms with Crippen molar-refractivity contribution in [1.82, 2.24) is 9.62 Å². The van der Waals surface area contributed by atoms with Crippen LogP contribution >= 0.6 is 0 Å². The Balaban J connectivity index is 1.75. The third-order valence-electron chi connectivity index (χ3n) is 6.56. The lowest BCUT2D eigenvalue weighted by Crippen LogP contribution is -2.54. The van der Waals surface area contributed by atoms with Crippen LogP contribution in [0.5, 0.6) is 5.75 Å². The zero-order valence-corrected chi connectivity index (χ0v) is 21.6. The minimum atomic E-state index is -3.59. The molecule has 0 aliphatic carbocycles. The topological polar surface area (TPSA) is 125 Å². The molecule has 2 N–H and O–H groups in total. The van der Waals surface area contributed by atoms with E-state index in [1.54, 1.807) is 31.2 Å². The molecular weight excluding hydrogens is 498 g/mol. The molecule has 2 aliphatic rings. The van der Waals surface area contributed by atoms with E-state index in [0.29, 0.717) is 11.3 Å². The number of anilines is 1. The largest absolute Gasteiger partial charge is 0.496 e. The number of carbonyl (C=O) groups excluding carboxylic acids is 2. The van der Waals surface area contributed by atoms with Gasteiger partial charge >= 0.3 is 6.09 Å². The van der Waals surface area contributed by atoms with Crippen molar-refractivity contribution in [2.75, 3.05) is 32.2 Å². The molecule has 37 heavy (non-hydrogen) atoms.